The predicted octanol–water partition coefficient (Wildman–Crippen LogP) is 3.37. The van der Waals surface area contributed by atoms with Crippen LogP contribution in [0.4, 0.5) is 0 Å². The summed E-state index contributed by atoms with van der Waals surface area (Å²) < 4.78 is 0. The summed E-state index contributed by atoms with van der Waals surface area (Å²) in [6.07, 6.45) is 1.82. The molecule has 1 aliphatic heterocycles. The molecule has 0 aliphatic carbocycles. The second-order valence-corrected chi connectivity index (χ2v) is 6.04. The fourth-order valence-corrected chi connectivity index (χ4v) is 3.64. The van der Waals surface area contributed by atoms with Crippen LogP contribution in [0.5, 0.6) is 0 Å². The zero-order valence-electron chi connectivity index (χ0n) is 13.1. The Morgan fingerprint density at radius 3 is 2.86 bits per heavy atom. The zero-order valence-corrected chi connectivity index (χ0v) is 13.1. The molecule has 112 valence electrons. The lowest BCUT2D eigenvalue weighted by Crippen LogP contribution is -2.34. The van der Waals surface area contributed by atoms with Crippen molar-refractivity contribution in [3.63, 3.8) is 0 Å². The Kier molecular flexibility index (Phi) is 3.96. The maximum atomic E-state index is 11.1. The van der Waals surface area contributed by atoms with Crippen LogP contribution >= 0.6 is 0 Å². The van der Waals surface area contributed by atoms with Crippen molar-refractivity contribution >= 4 is 10.9 Å². The standard InChI is InChI=1S/C18H24N2O/c1-4-20-11-7-10-16(20)18(21)17-12(2)13(3)19-15-9-6-5-8-14(15)17/h5-6,8-9,16,18,21H,4,7,10-11H2,1-3H3/t16-,18+/m1/s1. The zero-order chi connectivity index (χ0) is 15.0. The average Bonchev–Trinajstić information content (AvgIpc) is 2.96. The smallest absolute Gasteiger partial charge is 0.0954 e. The van der Waals surface area contributed by atoms with Crippen LogP contribution in [0.2, 0.25) is 0 Å². The molecule has 0 unspecified atom stereocenters. The highest BCUT2D eigenvalue weighted by molar-refractivity contribution is 5.84. The van der Waals surface area contributed by atoms with Crippen LogP contribution in [0.1, 0.15) is 42.7 Å². The van der Waals surface area contributed by atoms with E-state index in [2.05, 4.69) is 29.8 Å². The molecule has 2 aromatic rings. The molecule has 1 aromatic heterocycles. The summed E-state index contributed by atoms with van der Waals surface area (Å²) >= 11 is 0. The Bertz CT molecular complexity index is 653. The summed E-state index contributed by atoms with van der Waals surface area (Å²) in [7, 11) is 0. The number of rotatable bonds is 3. The Morgan fingerprint density at radius 2 is 2.10 bits per heavy atom. The monoisotopic (exact) mass is 284 g/mol. The van der Waals surface area contributed by atoms with Crippen LogP contribution in [-0.4, -0.2) is 34.1 Å². The first-order chi connectivity index (χ1) is 10.1. The van der Waals surface area contributed by atoms with Crippen LogP contribution < -0.4 is 0 Å². The minimum atomic E-state index is -0.431. The summed E-state index contributed by atoms with van der Waals surface area (Å²) in [4.78, 5) is 7.06. The first kappa shape index (κ1) is 14.5. The van der Waals surface area contributed by atoms with Crippen LogP contribution in [0.15, 0.2) is 24.3 Å². The second kappa shape index (κ2) is 5.74. The van der Waals surface area contributed by atoms with Gasteiger partial charge in [-0.25, -0.2) is 0 Å². The number of aromatic nitrogens is 1. The molecule has 3 rings (SSSR count). The van der Waals surface area contributed by atoms with Gasteiger partial charge in [-0.15, -0.1) is 0 Å². The van der Waals surface area contributed by atoms with Crippen molar-refractivity contribution < 1.29 is 5.11 Å². The van der Waals surface area contributed by atoms with Gasteiger partial charge in [0.2, 0.25) is 0 Å². The van der Waals surface area contributed by atoms with Crippen molar-refractivity contribution in [1.29, 1.82) is 0 Å². The molecule has 0 bridgehead atoms. The van der Waals surface area contributed by atoms with Gasteiger partial charge < -0.3 is 5.11 Å². The van der Waals surface area contributed by atoms with E-state index in [0.717, 1.165) is 47.2 Å². The topological polar surface area (TPSA) is 36.4 Å². The number of benzene rings is 1. The van der Waals surface area contributed by atoms with E-state index >= 15 is 0 Å². The quantitative estimate of drug-likeness (QED) is 0.939. The second-order valence-electron chi connectivity index (χ2n) is 6.04. The Hall–Kier alpha value is -1.45. The lowest BCUT2D eigenvalue weighted by Gasteiger charge is -2.29. The molecule has 21 heavy (non-hydrogen) atoms. The van der Waals surface area contributed by atoms with E-state index in [1.807, 2.05) is 25.1 Å². The third-order valence-corrected chi connectivity index (χ3v) is 4.91. The number of fused-ring (bicyclic) bond motifs is 1. The number of nitrogens with zero attached hydrogens (tertiary/aromatic N) is 2. The maximum Gasteiger partial charge on any atom is 0.0954 e. The molecule has 0 radical (unpaired) electrons. The molecule has 2 atom stereocenters. The lowest BCUT2D eigenvalue weighted by molar-refractivity contribution is 0.0760. The predicted molar refractivity (Wildman–Crippen MR) is 86.4 cm³/mol. The summed E-state index contributed by atoms with van der Waals surface area (Å²) in [5, 5.41) is 12.1. The van der Waals surface area contributed by atoms with E-state index < -0.39 is 6.10 Å². The molecule has 2 heterocycles. The van der Waals surface area contributed by atoms with Gasteiger partial charge in [-0.1, -0.05) is 25.1 Å². The molecule has 1 aliphatic rings. The third kappa shape index (κ3) is 2.45. The van der Waals surface area contributed by atoms with Gasteiger partial charge in [-0.3, -0.25) is 9.88 Å². The number of aliphatic hydroxyl groups is 1. The van der Waals surface area contributed by atoms with E-state index in [-0.39, 0.29) is 6.04 Å². The van der Waals surface area contributed by atoms with E-state index in [1.54, 1.807) is 0 Å². The molecule has 1 N–H and O–H groups in total. The van der Waals surface area contributed by atoms with Gasteiger partial charge in [0.15, 0.2) is 0 Å². The maximum absolute atomic E-state index is 11.1. The van der Waals surface area contributed by atoms with Crippen LogP contribution in [0, 0.1) is 13.8 Å². The van der Waals surface area contributed by atoms with Gasteiger partial charge in [0, 0.05) is 17.1 Å². The SMILES string of the molecule is CCN1CCC[C@@H]1[C@H](O)c1c(C)c(C)nc2ccccc12. The number of para-hydroxylation sites is 1. The average molecular weight is 284 g/mol. The van der Waals surface area contributed by atoms with E-state index in [0.29, 0.717) is 0 Å². The molecule has 1 aromatic carbocycles. The highest BCUT2D eigenvalue weighted by atomic mass is 16.3. The highest BCUT2D eigenvalue weighted by Gasteiger charge is 2.32. The minimum absolute atomic E-state index is 0.235. The normalized spacial score (nSPS) is 21.0. The molecule has 1 fully saturated rings. The van der Waals surface area contributed by atoms with Crippen molar-refractivity contribution in [2.45, 2.75) is 45.8 Å². The van der Waals surface area contributed by atoms with Gasteiger partial charge >= 0.3 is 0 Å². The summed E-state index contributed by atoms with van der Waals surface area (Å²) in [6, 6.07) is 8.39. The van der Waals surface area contributed by atoms with Gasteiger partial charge in [-0.05, 0) is 57.0 Å². The van der Waals surface area contributed by atoms with Gasteiger partial charge in [0.05, 0.1) is 11.6 Å². The minimum Gasteiger partial charge on any atom is -0.387 e. The third-order valence-electron chi connectivity index (χ3n) is 4.91. The summed E-state index contributed by atoms with van der Waals surface area (Å²) in [5.74, 6) is 0. The first-order valence-corrected chi connectivity index (χ1v) is 7.91. The van der Waals surface area contributed by atoms with Crippen molar-refractivity contribution in [2.24, 2.45) is 0 Å². The van der Waals surface area contributed by atoms with Gasteiger partial charge in [-0.2, -0.15) is 0 Å². The van der Waals surface area contributed by atoms with E-state index in [9.17, 15) is 5.11 Å². The lowest BCUT2D eigenvalue weighted by atomic mass is 9.92. The van der Waals surface area contributed by atoms with E-state index in [4.69, 9.17) is 0 Å². The fraction of sp³-hybridized carbons (Fsp3) is 0.500. The fourth-order valence-electron chi connectivity index (χ4n) is 3.64. The van der Waals surface area contributed by atoms with Crippen molar-refractivity contribution in [3.05, 3.63) is 41.1 Å². The number of likely N-dealkylation sites (tertiary alicyclic amines) is 1. The molecule has 1 saturated heterocycles. The molecular formula is C18H24N2O. The largest absolute Gasteiger partial charge is 0.387 e. The summed E-state index contributed by atoms with van der Waals surface area (Å²) in [6.45, 7) is 8.39. The molecule has 0 saturated carbocycles. The summed E-state index contributed by atoms with van der Waals surface area (Å²) in [5.41, 5.74) is 4.20. The number of hydrogen-bond acceptors (Lipinski definition) is 3. The molecule has 3 heteroatoms. The Balaban J connectivity index is 2.12. The van der Waals surface area contributed by atoms with Gasteiger partial charge in [0.25, 0.3) is 0 Å². The Labute approximate surface area is 126 Å². The number of aliphatic hydroxyl groups excluding tert-OH is 1. The molecular weight excluding hydrogens is 260 g/mol. The van der Waals surface area contributed by atoms with Crippen molar-refractivity contribution in [3.8, 4) is 0 Å². The highest BCUT2D eigenvalue weighted by Crippen LogP contribution is 2.35. The Morgan fingerprint density at radius 1 is 1.33 bits per heavy atom. The van der Waals surface area contributed by atoms with Gasteiger partial charge in [0.1, 0.15) is 0 Å². The molecule has 0 amide bonds. The van der Waals surface area contributed by atoms with Crippen LogP contribution in [0.3, 0.4) is 0 Å². The van der Waals surface area contributed by atoms with Crippen molar-refractivity contribution in [2.75, 3.05) is 13.1 Å². The number of hydrogen-bond donors (Lipinski definition) is 1. The van der Waals surface area contributed by atoms with E-state index in [1.165, 1.54) is 6.42 Å². The van der Waals surface area contributed by atoms with Crippen molar-refractivity contribution in [1.82, 2.24) is 9.88 Å². The van der Waals surface area contributed by atoms with Crippen LogP contribution in [0.25, 0.3) is 10.9 Å². The molecule has 3 nitrogen and oxygen atoms in total. The number of pyridine rings is 1. The number of aryl methyl sites for hydroxylation is 1. The van der Waals surface area contributed by atoms with Crippen LogP contribution in [-0.2, 0) is 0 Å². The molecule has 0 spiro atoms. The first-order valence-electron chi connectivity index (χ1n) is 7.91. The number of likely N-dealkylation sites (N-methyl/N-ethyl adjacent to an activating group) is 1.